The van der Waals surface area contributed by atoms with Gasteiger partial charge in [0.1, 0.15) is 5.60 Å². The minimum Gasteiger partial charge on any atom is -0.479 e. The van der Waals surface area contributed by atoms with Gasteiger partial charge in [-0.3, -0.25) is 5.32 Å². The molecule has 0 aliphatic heterocycles. The van der Waals surface area contributed by atoms with Crippen molar-refractivity contribution in [1.82, 2.24) is 0 Å². The molecular formula is C15H20ClNO5. The second kappa shape index (κ2) is 6.54. The number of aliphatic carboxylic acids is 1. The Labute approximate surface area is 134 Å². The van der Waals surface area contributed by atoms with Crippen molar-refractivity contribution < 1.29 is 24.5 Å². The molecule has 122 valence electrons. The van der Waals surface area contributed by atoms with Gasteiger partial charge >= 0.3 is 12.1 Å². The zero-order valence-corrected chi connectivity index (χ0v) is 13.7. The number of ether oxygens (including phenoxy) is 1. The Morgan fingerprint density at radius 2 is 1.86 bits per heavy atom. The lowest BCUT2D eigenvalue weighted by atomic mass is 9.96. The van der Waals surface area contributed by atoms with Crippen molar-refractivity contribution in [3.63, 3.8) is 0 Å². The number of amides is 1. The number of carbonyl (C=O) groups is 2. The summed E-state index contributed by atoms with van der Waals surface area (Å²) in [6.45, 7) is 6.43. The molecule has 1 atom stereocenters. The third-order valence-electron chi connectivity index (χ3n) is 2.68. The van der Waals surface area contributed by atoms with Crippen LogP contribution >= 0.6 is 11.6 Å². The lowest BCUT2D eigenvalue weighted by Gasteiger charge is -2.20. The van der Waals surface area contributed by atoms with E-state index in [1.54, 1.807) is 26.8 Å². The van der Waals surface area contributed by atoms with E-state index < -0.39 is 23.3 Å². The zero-order chi connectivity index (χ0) is 17.1. The summed E-state index contributed by atoms with van der Waals surface area (Å²) in [6.07, 6.45) is -0.742. The number of benzene rings is 1. The molecular weight excluding hydrogens is 310 g/mol. The second-order valence-corrected chi connectivity index (χ2v) is 6.60. The van der Waals surface area contributed by atoms with E-state index in [1.807, 2.05) is 0 Å². The molecule has 22 heavy (non-hydrogen) atoms. The maximum atomic E-state index is 11.7. The van der Waals surface area contributed by atoms with Gasteiger partial charge in [0.05, 0.1) is 10.7 Å². The number of nitrogens with one attached hydrogen (secondary N) is 1. The zero-order valence-electron chi connectivity index (χ0n) is 12.9. The average molecular weight is 330 g/mol. The van der Waals surface area contributed by atoms with Crippen molar-refractivity contribution in [3.8, 4) is 0 Å². The summed E-state index contributed by atoms with van der Waals surface area (Å²) in [6, 6.07) is 4.60. The summed E-state index contributed by atoms with van der Waals surface area (Å²) < 4.78 is 5.11. The first-order chi connectivity index (χ1) is 9.90. The Bertz CT molecular complexity index is 578. The number of aliphatic hydroxyl groups is 1. The summed E-state index contributed by atoms with van der Waals surface area (Å²) in [5.41, 5.74) is -1.64. The summed E-state index contributed by atoms with van der Waals surface area (Å²) >= 11 is 6.05. The minimum atomic E-state index is -1.89. The monoisotopic (exact) mass is 329 g/mol. The SMILES string of the molecule is CC(C)(C)OC(=O)Nc1ccc(CC(C)(O)C(=O)O)cc1Cl. The van der Waals surface area contributed by atoms with E-state index in [1.165, 1.54) is 19.1 Å². The Hall–Kier alpha value is -1.79. The standard InChI is InChI=1S/C15H20ClNO5/c1-14(2,3)22-13(20)17-11-6-5-9(7-10(11)16)8-15(4,21)12(18)19/h5-7,21H,8H2,1-4H3,(H,17,20)(H,18,19). The Morgan fingerprint density at radius 3 is 2.32 bits per heavy atom. The smallest absolute Gasteiger partial charge is 0.412 e. The number of carbonyl (C=O) groups excluding carboxylic acids is 1. The highest BCUT2D eigenvalue weighted by Crippen LogP contribution is 2.26. The van der Waals surface area contributed by atoms with Gasteiger partial charge in [0, 0.05) is 6.42 Å². The molecule has 0 spiro atoms. The third-order valence-corrected chi connectivity index (χ3v) is 2.99. The van der Waals surface area contributed by atoms with Gasteiger partial charge in [0.15, 0.2) is 5.60 Å². The maximum absolute atomic E-state index is 11.7. The molecule has 0 fully saturated rings. The number of anilines is 1. The molecule has 0 aliphatic rings. The fourth-order valence-electron chi connectivity index (χ4n) is 1.66. The molecule has 1 aromatic carbocycles. The van der Waals surface area contributed by atoms with Crippen LogP contribution in [0.5, 0.6) is 0 Å². The van der Waals surface area contributed by atoms with Gasteiger partial charge in [0.2, 0.25) is 0 Å². The van der Waals surface area contributed by atoms with Crippen molar-refractivity contribution >= 4 is 29.4 Å². The van der Waals surface area contributed by atoms with Crippen molar-refractivity contribution in [2.45, 2.75) is 45.3 Å². The maximum Gasteiger partial charge on any atom is 0.412 e. The number of halogens is 1. The topological polar surface area (TPSA) is 95.9 Å². The van der Waals surface area contributed by atoms with Crippen LogP contribution in [0, 0.1) is 0 Å². The lowest BCUT2D eigenvalue weighted by Crippen LogP contribution is -2.37. The number of hydrogen-bond acceptors (Lipinski definition) is 4. The molecule has 0 heterocycles. The molecule has 0 aromatic heterocycles. The van der Waals surface area contributed by atoms with Gasteiger partial charge in [-0.25, -0.2) is 9.59 Å². The summed E-state index contributed by atoms with van der Waals surface area (Å²) in [5.74, 6) is -1.32. The summed E-state index contributed by atoms with van der Waals surface area (Å²) in [5, 5.41) is 21.4. The molecule has 1 unspecified atom stereocenters. The van der Waals surface area contributed by atoms with Crippen molar-refractivity contribution in [2.24, 2.45) is 0 Å². The van der Waals surface area contributed by atoms with E-state index >= 15 is 0 Å². The van der Waals surface area contributed by atoms with Crippen LogP contribution in [-0.4, -0.2) is 33.5 Å². The molecule has 0 radical (unpaired) electrons. The predicted molar refractivity (Wildman–Crippen MR) is 83.3 cm³/mol. The molecule has 1 rings (SSSR count). The van der Waals surface area contributed by atoms with Crippen molar-refractivity contribution in [3.05, 3.63) is 28.8 Å². The van der Waals surface area contributed by atoms with Gasteiger partial charge < -0.3 is 14.9 Å². The summed E-state index contributed by atoms with van der Waals surface area (Å²) in [7, 11) is 0. The lowest BCUT2D eigenvalue weighted by molar-refractivity contribution is -0.156. The molecule has 0 saturated carbocycles. The quantitative estimate of drug-likeness (QED) is 0.789. The fraction of sp³-hybridized carbons (Fsp3) is 0.467. The van der Waals surface area contributed by atoms with E-state index in [4.69, 9.17) is 21.4 Å². The highest BCUT2D eigenvalue weighted by Gasteiger charge is 2.30. The number of hydrogen-bond donors (Lipinski definition) is 3. The molecule has 6 nitrogen and oxygen atoms in total. The van der Waals surface area contributed by atoms with Crippen LogP contribution in [0.1, 0.15) is 33.3 Å². The van der Waals surface area contributed by atoms with E-state index in [9.17, 15) is 14.7 Å². The summed E-state index contributed by atoms with van der Waals surface area (Å²) in [4.78, 5) is 22.6. The highest BCUT2D eigenvalue weighted by molar-refractivity contribution is 6.33. The molecule has 3 N–H and O–H groups in total. The Morgan fingerprint density at radius 1 is 1.27 bits per heavy atom. The first-order valence-electron chi connectivity index (χ1n) is 6.65. The van der Waals surface area contributed by atoms with E-state index in [0.717, 1.165) is 0 Å². The number of rotatable bonds is 4. The number of carboxylic acids is 1. The average Bonchev–Trinajstić information content (AvgIpc) is 2.29. The molecule has 1 aromatic rings. The van der Waals surface area contributed by atoms with Gasteiger partial charge in [-0.05, 0) is 45.4 Å². The van der Waals surface area contributed by atoms with Crippen LogP contribution in [0.4, 0.5) is 10.5 Å². The Kier molecular flexibility index (Phi) is 5.43. The number of carboxylic acid groups (broad SMARTS) is 1. The minimum absolute atomic E-state index is 0.102. The highest BCUT2D eigenvalue weighted by atomic mass is 35.5. The molecule has 0 aliphatic carbocycles. The van der Waals surface area contributed by atoms with E-state index in [0.29, 0.717) is 11.3 Å². The van der Waals surface area contributed by atoms with Crippen molar-refractivity contribution in [2.75, 3.05) is 5.32 Å². The van der Waals surface area contributed by atoms with Crippen LogP contribution in [0.3, 0.4) is 0 Å². The second-order valence-electron chi connectivity index (χ2n) is 6.20. The van der Waals surface area contributed by atoms with E-state index in [-0.39, 0.29) is 11.4 Å². The van der Waals surface area contributed by atoms with Crippen LogP contribution in [0.25, 0.3) is 0 Å². The third kappa shape index (κ3) is 5.54. The first kappa shape index (κ1) is 18.3. The first-order valence-corrected chi connectivity index (χ1v) is 7.03. The van der Waals surface area contributed by atoms with Crippen molar-refractivity contribution in [1.29, 1.82) is 0 Å². The Balaban J connectivity index is 2.82. The largest absolute Gasteiger partial charge is 0.479 e. The van der Waals surface area contributed by atoms with Crippen LogP contribution < -0.4 is 5.32 Å². The van der Waals surface area contributed by atoms with Gasteiger partial charge in [-0.1, -0.05) is 17.7 Å². The predicted octanol–water partition coefficient (Wildman–Crippen LogP) is 3.07. The fourth-order valence-corrected chi connectivity index (χ4v) is 1.91. The van der Waals surface area contributed by atoms with E-state index in [2.05, 4.69) is 5.32 Å². The van der Waals surface area contributed by atoms with Gasteiger partial charge in [-0.15, -0.1) is 0 Å². The molecule has 1 amide bonds. The van der Waals surface area contributed by atoms with Gasteiger partial charge in [-0.2, -0.15) is 0 Å². The van der Waals surface area contributed by atoms with Crippen LogP contribution in [0.15, 0.2) is 18.2 Å². The molecule has 0 bridgehead atoms. The van der Waals surface area contributed by atoms with Crippen LogP contribution in [-0.2, 0) is 16.0 Å². The molecule has 0 saturated heterocycles. The van der Waals surface area contributed by atoms with Crippen LogP contribution in [0.2, 0.25) is 5.02 Å². The molecule has 7 heteroatoms. The van der Waals surface area contributed by atoms with Gasteiger partial charge in [0.25, 0.3) is 0 Å². The normalized spacial score (nSPS) is 14.1.